The number of nitrogens with zero attached hydrogens (tertiary/aromatic N) is 1. The molecule has 0 saturated heterocycles. The molecule has 7 heteroatoms. The zero-order chi connectivity index (χ0) is 20.4. The van der Waals surface area contributed by atoms with Gasteiger partial charge in [0.1, 0.15) is 17.8 Å². The monoisotopic (exact) mass is 392 g/mol. The number of hydrogen-bond donors (Lipinski definition) is 1. The van der Waals surface area contributed by atoms with Gasteiger partial charge in [0, 0.05) is 11.6 Å². The van der Waals surface area contributed by atoms with Crippen molar-refractivity contribution < 1.29 is 13.5 Å². The van der Waals surface area contributed by atoms with Gasteiger partial charge in [-0.25, -0.2) is 9.18 Å². The van der Waals surface area contributed by atoms with Crippen LogP contribution >= 0.6 is 0 Å². The van der Waals surface area contributed by atoms with Crippen LogP contribution < -0.4 is 15.9 Å². The number of aromatic amines is 1. The molecule has 0 spiro atoms. The van der Waals surface area contributed by atoms with E-state index < -0.39 is 17.0 Å². The van der Waals surface area contributed by atoms with Gasteiger partial charge in [-0.1, -0.05) is 49.4 Å². The molecule has 2 aromatic heterocycles. The third-order valence-corrected chi connectivity index (χ3v) is 4.58. The lowest BCUT2D eigenvalue weighted by molar-refractivity contribution is 0.274. The standard InChI is InChI=1S/C22H17FN2O4/c1-2-13-11-18(26)29-21-19(13)20(27)24-22(25-21)28-12-16-9-8-15(10-17(16)23)14-6-4-3-5-7-14/h3-11H,2,12H2,1H3,(H,24,25,27). The van der Waals surface area contributed by atoms with E-state index >= 15 is 0 Å². The Labute approximate surface area is 164 Å². The van der Waals surface area contributed by atoms with E-state index in [0.717, 1.165) is 11.1 Å². The highest BCUT2D eigenvalue weighted by Gasteiger charge is 2.13. The molecule has 4 aromatic rings. The molecule has 1 N–H and O–H groups in total. The van der Waals surface area contributed by atoms with E-state index in [0.29, 0.717) is 17.5 Å². The largest absolute Gasteiger partial charge is 0.460 e. The summed E-state index contributed by atoms with van der Waals surface area (Å²) < 4.78 is 25.0. The molecule has 6 nitrogen and oxygen atoms in total. The number of aryl methyl sites for hydroxylation is 1. The van der Waals surface area contributed by atoms with Crippen LogP contribution in [0.25, 0.3) is 22.2 Å². The highest BCUT2D eigenvalue weighted by Crippen LogP contribution is 2.22. The van der Waals surface area contributed by atoms with Crippen molar-refractivity contribution in [3.8, 4) is 17.1 Å². The fourth-order valence-electron chi connectivity index (χ4n) is 3.10. The maximum Gasteiger partial charge on any atom is 0.337 e. The topological polar surface area (TPSA) is 85.2 Å². The first-order valence-corrected chi connectivity index (χ1v) is 9.09. The maximum absolute atomic E-state index is 14.5. The molecule has 2 aromatic carbocycles. The second kappa shape index (κ2) is 7.71. The SMILES string of the molecule is CCc1cc(=O)oc2nc(OCc3ccc(-c4ccccc4)cc3F)[nH]c(=O)c12. The smallest absolute Gasteiger partial charge is 0.337 e. The molecule has 0 aliphatic heterocycles. The van der Waals surface area contributed by atoms with E-state index in [-0.39, 0.29) is 23.7 Å². The fraction of sp³-hybridized carbons (Fsp3) is 0.136. The van der Waals surface area contributed by atoms with Crippen molar-refractivity contribution in [2.24, 2.45) is 0 Å². The first-order chi connectivity index (χ1) is 14.0. The van der Waals surface area contributed by atoms with E-state index in [1.807, 2.05) is 37.3 Å². The van der Waals surface area contributed by atoms with Gasteiger partial charge >= 0.3 is 5.63 Å². The van der Waals surface area contributed by atoms with Gasteiger partial charge in [-0.3, -0.25) is 9.78 Å². The first kappa shape index (κ1) is 18.6. The molecule has 0 atom stereocenters. The Hall–Kier alpha value is -3.74. The van der Waals surface area contributed by atoms with E-state index in [1.165, 1.54) is 12.1 Å². The van der Waals surface area contributed by atoms with Crippen LogP contribution in [-0.4, -0.2) is 9.97 Å². The number of ether oxygens (including phenoxy) is 1. The Morgan fingerprint density at radius 1 is 1.03 bits per heavy atom. The molecule has 0 aliphatic rings. The molecule has 4 rings (SSSR count). The van der Waals surface area contributed by atoms with E-state index in [9.17, 15) is 14.0 Å². The second-order valence-corrected chi connectivity index (χ2v) is 6.46. The molecule has 0 amide bonds. The molecule has 2 heterocycles. The van der Waals surface area contributed by atoms with Crippen molar-refractivity contribution in [2.45, 2.75) is 20.0 Å². The van der Waals surface area contributed by atoms with Crippen molar-refractivity contribution >= 4 is 11.1 Å². The van der Waals surface area contributed by atoms with Crippen LogP contribution in [-0.2, 0) is 13.0 Å². The minimum atomic E-state index is -0.596. The van der Waals surface area contributed by atoms with Crippen molar-refractivity contribution in [3.63, 3.8) is 0 Å². The van der Waals surface area contributed by atoms with Gasteiger partial charge in [0.05, 0.1) is 0 Å². The summed E-state index contributed by atoms with van der Waals surface area (Å²) in [5.41, 5.74) is 1.31. The molecular weight excluding hydrogens is 375 g/mol. The Morgan fingerprint density at radius 3 is 2.55 bits per heavy atom. The number of rotatable bonds is 5. The summed E-state index contributed by atoms with van der Waals surface area (Å²) >= 11 is 0. The average molecular weight is 392 g/mol. The Bertz CT molecular complexity index is 1300. The van der Waals surface area contributed by atoms with Crippen LogP contribution in [0.3, 0.4) is 0 Å². The third kappa shape index (κ3) is 3.80. The molecule has 0 bridgehead atoms. The highest BCUT2D eigenvalue weighted by molar-refractivity contribution is 5.75. The predicted molar refractivity (Wildman–Crippen MR) is 106 cm³/mol. The van der Waals surface area contributed by atoms with Crippen molar-refractivity contribution in [1.29, 1.82) is 0 Å². The number of nitrogens with one attached hydrogen (secondary N) is 1. The first-order valence-electron chi connectivity index (χ1n) is 9.09. The van der Waals surface area contributed by atoms with Gasteiger partial charge in [0.15, 0.2) is 0 Å². The van der Waals surface area contributed by atoms with Crippen molar-refractivity contribution in [1.82, 2.24) is 9.97 Å². The van der Waals surface area contributed by atoms with Crippen molar-refractivity contribution in [3.05, 3.63) is 92.3 Å². The summed E-state index contributed by atoms with van der Waals surface area (Å²) in [6, 6.07) is 15.4. The highest BCUT2D eigenvalue weighted by atomic mass is 19.1. The summed E-state index contributed by atoms with van der Waals surface area (Å²) in [4.78, 5) is 30.6. The normalized spacial score (nSPS) is 11.0. The van der Waals surface area contributed by atoms with Crippen LogP contribution in [0.4, 0.5) is 4.39 Å². The lowest BCUT2D eigenvalue weighted by Crippen LogP contribution is -2.15. The van der Waals surface area contributed by atoms with Crippen molar-refractivity contribution in [2.75, 3.05) is 0 Å². The summed E-state index contributed by atoms with van der Waals surface area (Å²) in [6.45, 7) is 1.67. The summed E-state index contributed by atoms with van der Waals surface area (Å²) in [7, 11) is 0. The summed E-state index contributed by atoms with van der Waals surface area (Å²) in [5.74, 6) is -0.436. The van der Waals surface area contributed by atoms with E-state index in [4.69, 9.17) is 9.15 Å². The molecular formula is C22H17FN2O4. The molecule has 0 radical (unpaired) electrons. The Balaban J connectivity index is 1.60. The van der Waals surface area contributed by atoms with Gasteiger partial charge in [0.25, 0.3) is 11.6 Å². The lowest BCUT2D eigenvalue weighted by atomic mass is 10.0. The quantitative estimate of drug-likeness (QED) is 0.558. The van der Waals surface area contributed by atoms with E-state index in [1.54, 1.807) is 12.1 Å². The zero-order valence-electron chi connectivity index (χ0n) is 15.6. The van der Waals surface area contributed by atoms with Crippen LogP contribution in [0.15, 0.2) is 68.6 Å². The lowest BCUT2D eigenvalue weighted by Gasteiger charge is -2.09. The van der Waals surface area contributed by atoms with Crippen LogP contribution in [0, 0.1) is 5.82 Å². The molecule has 29 heavy (non-hydrogen) atoms. The minimum absolute atomic E-state index is 0.104. The number of benzene rings is 2. The van der Waals surface area contributed by atoms with Gasteiger partial charge in [-0.2, -0.15) is 4.98 Å². The second-order valence-electron chi connectivity index (χ2n) is 6.46. The van der Waals surface area contributed by atoms with Crippen LogP contribution in [0.5, 0.6) is 6.01 Å². The molecule has 146 valence electrons. The van der Waals surface area contributed by atoms with Crippen LogP contribution in [0.2, 0.25) is 0 Å². The Morgan fingerprint density at radius 2 is 1.83 bits per heavy atom. The summed E-state index contributed by atoms with van der Waals surface area (Å²) in [6.07, 6.45) is 0.478. The third-order valence-electron chi connectivity index (χ3n) is 4.58. The number of fused-ring (bicyclic) bond motifs is 1. The maximum atomic E-state index is 14.5. The summed E-state index contributed by atoms with van der Waals surface area (Å²) in [5, 5.41) is 0.206. The predicted octanol–water partition coefficient (Wildman–Crippen LogP) is 3.82. The van der Waals surface area contributed by atoms with Gasteiger partial charge < -0.3 is 9.15 Å². The molecule has 0 fully saturated rings. The fourth-order valence-corrected chi connectivity index (χ4v) is 3.10. The number of hydrogen-bond acceptors (Lipinski definition) is 5. The van der Waals surface area contributed by atoms with Gasteiger partial charge in [-0.15, -0.1) is 0 Å². The minimum Gasteiger partial charge on any atom is -0.460 e. The number of aromatic nitrogens is 2. The Kier molecular flexibility index (Phi) is 4.95. The van der Waals surface area contributed by atoms with Gasteiger partial charge in [0.2, 0.25) is 5.71 Å². The van der Waals surface area contributed by atoms with Gasteiger partial charge in [-0.05, 0) is 29.2 Å². The van der Waals surface area contributed by atoms with E-state index in [2.05, 4.69) is 9.97 Å². The zero-order valence-corrected chi connectivity index (χ0v) is 15.6. The molecule has 0 aliphatic carbocycles. The molecule has 0 saturated carbocycles. The average Bonchev–Trinajstić information content (AvgIpc) is 2.72. The number of H-pyrrole nitrogens is 1. The molecule has 0 unspecified atom stereocenters. The number of halogens is 1. The van der Waals surface area contributed by atoms with Crippen LogP contribution in [0.1, 0.15) is 18.1 Å².